The fourth-order valence-corrected chi connectivity index (χ4v) is 2.59. The minimum Gasteiger partial charge on any atom is -0.386 e. The average Bonchev–Trinajstić information content (AvgIpc) is 2.33. The van der Waals surface area contributed by atoms with E-state index in [1.165, 1.54) is 0 Å². The second-order valence-corrected chi connectivity index (χ2v) is 4.71. The van der Waals surface area contributed by atoms with Crippen LogP contribution in [-0.2, 0) is 0 Å². The van der Waals surface area contributed by atoms with Gasteiger partial charge in [0.2, 0.25) is 0 Å². The molecule has 0 aliphatic carbocycles. The predicted molar refractivity (Wildman–Crippen MR) is 55.5 cm³/mol. The summed E-state index contributed by atoms with van der Waals surface area (Å²) < 4.78 is 1.00. The number of thiophene rings is 1. The Kier molecular flexibility index (Phi) is 3.71. The quantitative estimate of drug-likeness (QED) is 0.888. The maximum absolute atomic E-state index is 9.70. The van der Waals surface area contributed by atoms with Crippen molar-refractivity contribution in [3.8, 4) is 0 Å². The fraction of sp³-hybridized carbons (Fsp3) is 0.500. The van der Waals surface area contributed by atoms with Crippen molar-refractivity contribution in [3.05, 3.63) is 20.8 Å². The van der Waals surface area contributed by atoms with Crippen LogP contribution in [0.3, 0.4) is 0 Å². The van der Waals surface area contributed by atoms with Gasteiger partial charge in [-0.2, -0.15) is 0 Å². The molecule has 68 valence electrons. The third-order valence-electron chi connectivity index (χ3n) is 1.49. The highest BCUT2D eigenvalue weighted by Gasteiger charge is 2.12. The van der Waals surface area contributed by atoms with Crippen molar-refractivity contribution < 1.29 is 5.11 Å². The molecule has 1 aromatic rings. The Morgan fingerprint density at radius 1 is 1.67 bits per heavy atom. The highest BCUT2D eigenvalue weighted by molar-refractivity contribution is 9.10. The number of likely N-dealkylation sites (N-methyl/N-ethyl adjacent to an activating group) is 1. The first-order chi connectivity index (χ1) is 5.61. The minimum absolute atomic E-state index is 0.380. The minimum atomic E-state index is -0.380. The first-order valence-corrected chi connectivity index (χ1v) is 5.34. The van der Waals surface area contributed by atoms with Crippen molar-refractivity contribution in [3.63, 3.8) is 0 Å². The van der Waals surface area contributed by atoms with Crippen LogP contribution in [0.15, 0.2) is 15.9 Å². The number of aliphatic hydroxyl groups excluding tert-OH is 1. The molecule has 12 heavy (non-hydrogen) atoms. The predicted octanol–water partition coefficient (Wildman–Crippen LogP) is 2.11. The van der Waals surface area contributed by atoms with Gasteiger partial charge < -0.3 is 10.0 Å². The molecule has 0 aliphatic rings. The van der Waals surface area contributed by atoms with Gasteiger partial charge in [0, 0.05) is 15.9 Å². The third-order valence-corrected chi connectivity index (χ3v) is 3.46. The molecule has 1 heterocycles. The van der Waals surface area contributed by atoms with Gasteiger partial charge in [0.05, 0.1) is 0 Å². The van der Waals surface area contributed by atoms with Crippen LogP contribution in [0.5, 0.6) is 0 Å². The van der Waals surface area contributed by atoms with Crippen LogP contribution >= 0.6 is 27.3 Å². The standard InChI is InChI=1S/C8H12BrNOS/c1-10(2)5-7(11)8-6(9)3-4-12-8/h3-4,7,11H,5H2,1-2H3. The lowest BCUT2D eigenvalue weighted by molar-refractivity contribution is 0.141. The van der Waals surface area contributed by atoms with Gasteiger partial charge in [0.25, 0.3) is 0 Å². The van der Waals surface area contributed by atoms with Crippen molar-refractivity contribution in [2.75, 3.05) is 20.6 Å². The first-order valence-electron chi connectivity index (χ1n) is 3.67. The molecule has 1 aromatic heterocycles. The van der Waals surface area contributed by atoms with Gasteiger partial charge in [-0.1, -0.05) is 0 Å². The van der Waals surface area contributed by atoms with Gasteiger partial charge in [0.15, 0.2) is 0 Å². The third kappa shape index (κ3) is 2.55. The summed E-state index contributed by atoms with van der Waals surface area (Å²) in [6.07, 6.45) is -0.380. The largest absolute Gasteiger partial charge is 0.386 e. The summed E-state index contributed by atoms with van der Waals surface area (Å²) in [4.78, 5) is 2.97. The Morgan fingerprint density at radius 2 is 2.33 bits per heavy atom. The number of aliphatic hydroxyl groups is 1. The van der Waals surface area contributed by atoms with Crippen LogP contribution in [0.4, 0.5) is 0 Å². The summed E-state index contributed by atoms with van der Waals surface area (Å²) in [5, 5.41) is 11.7. The van der Waals surface area contributed by atoms with Gasteiger partial charge in [-0.25, -0.2) is 0 Å². The summed E-state index contributed by atoms with van der Waals surface area (Å²) in [6, 6.07) is 1.96. The van der Waals surface area contributed by atoms with E-state index < -0.39 is 0 Å². The van der Waals surface area contributed by atoms with Gasteiger partial charge in [-0.05, 0) is 41.5 Å². The normalized spacial score (nSPS) is 13.8. The summed E-state index contributed by atoms with van der Waals surface area (Å²) in [5.41, 5.74) is 0. The zero-order chi connectivity index (χ0) is 9.14. The molecular formula is C8H12BrNOS. The number of nitrogens with zero attached hydrogens (tertiary/aromatic N) is 1. The van der Waals surface area contributed by atoms with E-state index in [9.17, 15) is 5.11 Å². The summed E-state index contributed by atoms with van der Waals surface area (Å²) in [7, 11) is 3.90. The topological polar surface area (TPSA) is 23.5 Å². The molecule has 0 aliphatic heterocycles. The van der Waals surface area contributed by atoms with E-state index in [4.69, 9.17) is 0 Å². The Morgan fingerprint density at radius 3 is 2.75 bits per heavy atom. The highest BCUT2D eigenvalue weighted by atomic mass is 79.9. The molecule has 1 N–H and O–H groups in total. The number of hydrogen-bond donors (Lipinski definition) is 1. The van der Waals surface area contributed by atoms with E-state index in [2.05, 4.69) is 15.9 Å². The summed E-state index contributed by atoms with van der Waals surface area (Å²) >= 11 is 4.96. The maximum atomic E-state index is 9.70. The highest BCUT2D eigenvalue weighted by Crippen LogP contribution is 2.28. The van der Waals surface area contributed by atoms with Crippen molar-refractivity contribution >= 4 is 27.3 Å². The monoisotopic (exact) mass is 249 g/mol. The number of halogens is 1. The van der Waals surface area contributed by atoms with Crippen molar-refractivity contribution in [2.24, 2.45) is 0 Å². The zero-order valence-electron chi connectivity index (χ0n) is 7.12. The van der Waals surface area contributed by atoms with E-state index in [-0.39, 0.29) is 6.10 Å². The van der Waals surface area contributed by atoms with Crippen molar-refractivity contribution in [2.45, 2.75) is 6.10 Å². The lowest BCUT2D eigenvalue weighted by atomic mass is 10.3. The average molecular weight is 250 g/mol. The number of rotatable bonds is 3. The molecule has 0 spiro atoms. The molecule has 0 aromatic carbocycles. The Bertz CT molecular complexity index is 249. The lowest BCUT2D eigenvalue weighted by Gasteiger charge is -2.14. The van der Waals surface area contributed by atoms with Crippen LogP contribution in [0.1, 0.15) is 11.0 Å². The SMILES string of the molecule is CN(C)CC(O)c1sccc1Br. The molecule has 1 unspecified atom stereocenters. The van der Waals surface area contributed by atoms with E-state index in [0.29, 0.717) is 6.54 Å². The van der Waals surface area contributed by atoms with Crippen LogP contribution in [0.2, 0.25) is 0 Å². The van der Waals surface area contributed by atoms with Gasteiger partial charge >= 0.3 is 0 Å². The fourth-order valence-electron chi connectivity index (χ4n) is 0.972. The maximum Gasteiger partial charge on any atom is 0.102 e. The number of hydrogen-bond acceptors (Lipinski definition) is 3. The van der Waals surface area contributed by atoms with Crippen LogP contribution in [0.25, 0.3) is 0 Å². The van der Waals surface area contributed by atoms with Crippen LogP contribution in [0, 0.1) is 0 Å². The Hall–Kier alpha value is 0.100. The first kappa shape index (κ1) is 10.2. The van der Waals surface area contributed by atoms with E-state index >= 15 is 0 Å². The van der Waals surface area contributed by atoms with Gasteiger partial charge in [0.1, 0.15) is 6.10 Å². The van der Waals surface area contributed by atoms with Gasteiger partial charge in [-0.15, -0.1) is 11.3 Å². The molecular weight excluding hydrogens is 238 g/mol. The van der Waals surface area contributed by atoms with Crippen molar-refractivity contribution in [1.29, 1.82) is 0 Å². The van der Waals surface area contributed by atoms with Crippen LogP contribution in [-0.4, -0.2) is 30.6 Å². The smallest absolute Gasteiger partial charge is 0.102 e. The summed E-state index contributed by atoms with van der Waals surface area (Å²) in [6.45, 7) is 0.666. The molecule has 0 saturated heterocycles. The molecule has 0 fully saturated rings. The van der Waals surface area contributed by atoms with E-state index in [1.54, 1.807) is 11.3 Å². The molecule has 0 radical (unpaired) electrons. The molecule has 1 atom stereocenters. The lowest BCUT2D eigenvalue weighted by Crippen LogP contribution is -2.19. The molecule has 0 bridgehead atoms. The molecule has 2 nitrogen and oxygen atoms in total. The van der Waals surface area contributed by atoms with Crippen molar-refractivity contribution in [1.82, 2.24) is 4.90 Å². The van der Waals surface area contributed by atoms with E-state index in [0.717, 1.165) is 9.35 Å². The summed E-state index contributed by atoms with van der Waals surface area (Å²) in [5.74, 6) is 0. The molecule has 0 amide bonds. The molecule has 4 heteroatoms. The Labute approximate surface area is 85.0 Å². The molecule has 1 rings (SSSR count). The zero-order valence-corrected chi connectivity index (χ0v) is 9.52. The second-order valence-electron chi connectivity index (χ2n) is 2.91. The second kappa shape index (κ2) is 4.37. The molecule has 0 saturated carbocycles. The van der Waals surface area contributed by atoms with Crippen LogP contribution < -0.4 is 0 Å². The Balaban J connectivity index is 2.65. The van der Waals surface area contributed by atoms with E-state index in [1.807, 2.05) is 30.4 Å². The van der Waals surface area contributed by atoms with Gasteiger partial charge in [-0.3, -0.25) is 0 Å².